The number of amides is 1. The van der Waals surface area contributed by atoms with Crippen LogP contribution in [0.25, 0.3) is 0 Å². The van der Waals surface area contributed by atoms with Crippen LogP contribution in [0.15, 0.2) is 85.7 Å². The number of hydrazone groups is 1. The van der Waals surface area contributed by atoms with Crippen LogP contribution in [0.2, 0.25) is 0 Å². The van der Waals surface area contributed by atoms with Gasteiger partial charge in [-0.3, -0.25) is 4.79 Å². The lowest BCUT2D eigenvalue weighted by Gasteiger charge is -2.20. The highest BCUT2D eigenvalue weighted by atomic mass is 79.9. The lowest BCUT2D eigenvalue weighted by Crippen LogP contribution is -2.24. The van der Waals surface area contributed by atoms with Crippen molar-refractivity contribution in [3.63, 3.8) is 0 Å². The van der Waals surface area contributed by atoms with E-state index >= 15 is 0 Å². The average molecular weight is 606 g/mol. The van der Waals surface area contributed by atoms with Crippen LogP contribution in [-0.4, -0.2) is 32.2 Å². The van der Waals surface area contributed by atoms with Crippen LogP contribution in [0.3, 0.4) is 0 Å². The standard InChI is InChI=1S/C25H22Br2N2O4S/c1-16(30)29-24(19-7-10-21(33-2)11-8-19)14-23(28-29)18-5-3-17(4-6-18)15-34(31,32)25-13-20(26)9-12-22(25)27/h3-13,24H,14-15H2,1-2H3. The zero-order chi connectivity index (χ0) is 24.5. The molecular formula is C25H22Br2N2O4S. The van der Waals surface area contributed by atoms with E-state index in [1.54, 1.807) is 37.4 Å². The van der Waals surface area contributed by atoms with Crippen molar-refractivity contribution in [1.29, 1.82) is 0 Å². The van der Waals surface area contributed by atoms with Gasteiger partial charge in [-0.1, -0.05) is 52.3 Å². The Morgan fingerprint density at radius 2 is 1.74 bits per heavy atom. The number of carbonyl (C=O) groups excluding carboxylic acids is 1. The fourth-order valence-corrected chi connectivity index (χ4v) is 6.82. The molecule has 0 radical (unpaired) electrons. The Morgan fingerprint density at radius 1 is 1.06 bits per heavy atom. The summed E-state index contributed by atoms with van der Waals surface area (Å²) in [5.74, 6) is 0.485. The molecule has 0 aliphatic carbocycles. The predicted molar refractivity (Wildman–Crippen MR) is 139 cm³/mol. The second-order valence-electron chi connectivity index (χ2n) is 7.93. The van der Waals surface area contributed by atoms with E-state index in [1.807, 2.05) is 36.4 Å². The molecular weight excluding hydrogens is 584 g/mol. The molecule has 34 heavy (non-hydrogen) atoms. The molecule has 9 heteroatoms. The fraction of sp³-hybridized carbons (Fsp3) is 0.200. The van der Waals surface area contributed by atoms with Gasteiger partial charge in [-0.05, 0) is 63.0 Å². The largest absolute Gasteiger partial charge is 0.497 e. The first-order valence-corrected chi connectivity index (χ1v) is 13.7. The number of carbonyl (C=O) groups is 1. The molecule has 0 spiro atoms. The molecule has 1 aliphatic rings. The smallest absolute Gasteiger partial charge is 0.240 e. The summed E-state index contributed by atoms with van der Waals surface area (Å²) in [5.41, 5.74) is 3.27. The van der Waals surface area contributed by atoms with Crippen molar-refractivity contribution in [1.82, 2.24) is 5.01 Å². The van der Waals surface area contributed by atoms with Crippen LogP contribution in [0.5, 0.6) is 5.75 Å². The lowest BCUT2D eigenvalue weighted by molar-refractivity contribution is -0.130. The molecule has 0 aromatic heterocycles. The topological polar surface area (TPSA) is 76.0 Å². The molecule has 1 unspecified atom stereocenters. The Labute approximate surface area is 215 Å². The van der Waals surface area contributed by atoms with Crippen molar-refractivity contribution in [3.05, 3.63) is 92.4 Å². The van der Waals surface area contributed by atoms with Gasteiger partial charge < -0.3 is 4.74 Å². The molecule has 3 aromatic rings. The first kappa shape index (κ1) is 24.6. The zero-order valence-corrected chi connectivity index (χ0v) is 22.5. The Balaban J connectivity index is 1.54. The van der Waals surface area contributed by atoms with E-state index in [4.69, 9.17) is 4.74 Å². The lowest BCUT2D eigenvalue weighted by atomic mass is 9.98. The number of rotatable bonds is 6. The molecule has 0 N–H and O–H groups in total. The molecule has 0 saturated carbocycles. The second-order valence-corrected chi connectivity index (χ2v) is 11.7. The average Bonchev–Trinajstić information content (AvgIpc) is 3.27. The fourth-order valence-electron chi connectivity index (χ4n) is 3.87. The minimum atomic E-state index is -3.54. The van der Waals surface area contributed by atoms with Crippen LogP contribution in [0, 0.1) is 0 Å². The highest BCUT2D eigenvalue weighted by molar-refractivity contribution is 9.11. The van der Waals surface area contributed by atoms with E-state index in [2.05, 4.69) is 37.0 Å². The molecule has 1 aliphatic heterocycles. The van der Waals surface area contributed by atoms with Gasteiger partial charge in [0, 0.05) is 22.3 Å². The van der Waals surface area contributed by atoms with Crippen LogP contribution in [0.1, 0.15) is 36.1 Å². The van der Waals surface area contributed by atoms with Gasteiger partial charge in [-0.2, -0.15) is 5.10 Å². The van der Waals surface area contributed by atoms with Crippen molar-refractivity contribution in [2.75, 3.05) is 7.11 Å². The van der Waals surface area contributed by atoms with Crippen LogP contribution >= 0.6 is 31.9 Å². The van der Waals surface area contributed by atoms with Crippen molar-refractivity contribution >= 4 is 53.3 Å². The Bertz CT molecular complexity index is 1350. The van der Waals surface area contributed by atoms with Gasteiger partial charge in [0.25, 0.3) is 0 Å². The molecule has 0 bridgehead atoms. The first-order chi connectivity index (χ1) is 16.2. The maximum Gasteiger partial charge on any atom is 0.240 e. The van der Waals surface area contributed by atoms with Gasteiger partial charge in [0.15, 0.2) is 9.84 Å². The SMILES string of the molecule is COc1ccc(C2CC(c3ccc(CS(=O)(=O)c4cc(Br)ccc4Br)cc3)=NN2C(C)=O)cc1. The third-order valence-corrected chi connectivity index (χ3v) is 8.77. The van der Waals surface area contributed by atoms with E-state index in [9.17, 15) is 13.2 Å². The maximum absolute atomic E-state index is 13.0. The monoisotopic (exact) mass is 604 g/mol. The first-order valence-electron chi connectivity index (χ1n) is 10.5. The van der Waals surface area contributed by atoms with E-state index < -0.39 is 9.84 Å². The minimum Gasteiger partial charge on any atom is -0.497 e. The van der Waals surface area contributed by atoms with Crippen molar-refractivity contribution < 1.29 is 17.9 Å². The molecule has 0 fully saturated rings. The molecule has 6 nitrogen and oxygen atoms in total. The van der Waals surface area contributed by atoms with E-state index in [1.165, 1.54) is 11.9 Å². The molecule has 176 valence electrons. The summed E-state index contributed by atoms with van der Waals surface area (Å²) in [6.45, 7) is 1.50. The molecule has 1 atom stereocenters. The summed E-state index contributed by atoms with van der Waals surface area (Å²) < 4.78 is 32.4. The van der Waals surface area contributed by atoms with E-state index in [0.717, 1.165) is 22.6 Å². The number of methoxy groups -OCH3 is 1. The zero-order valence-electron chi connectivity index (χ0n) is 18.5. The molecule has 3 aromatic carbocycles. The number of ether oxygens (including phenoxy) is 1. The van der Waals surface area contributed by atoms with Gasteiger partial charge >= 0.3 is 0 Å². The van der Waals surface area contributed by atoms with Crippen molar-refractivity contribution in [2.24, 2.45) is 5.10 Å². The number of hydrogen-bond acceptors (Lipinski definition) is 5. The van der Waals surface area contributed by atoms with Gasteiger partial charge in [-0.25, -0.2) is 13.4 Å². The number of hydrogen-bond donors (Lipinski definition) is 0. The molecule has 0 saturated heterocycles. The van der Waals surface area contributed by atoms with Crippen LogP contribution in [-0.2, 0) is 20.4 Å². The molecule has 4 rings (SSSR count). The van der Waals surface area contributed by atoms with Gasteiger partial charge in [0.1, 0.15) is 5.75 Å². The highest BCUT2D eigenvalue weighted by Gasteiger charge is 2.31. The molecule has 1 heterocycles. The Kier molecular flexibility index (Phi) is 7.25. The number of benzene rings is 3. The highest BCUT2D eigenvalue weighted by Crippen LogP contribution is 2.34. The second kappa shape index (κ2) is 10.0. The van der Waals surface area contributed by atoms with Crippen molar-refractivity contribution in [3.8, 4) is 5.75 Å². The number of nitrogens with zero attached hydrogens (tertiary/aromatic N) is 2. The quantitative estimate of drug-likeness (QED) is 0.351. The summed E-state index contributed by atoms with van der Waals surface area (Å²) in [6.07, 6.45) is 0.564. The van der Waals surface area contributed by atoms with Gasteiger partial charge in [0.2, 0.25) is 5.91 Å². The summed E-state index contributed by atoms with van der Waals surface area (Å²) in [6, 6.07) is 19.8. The summed E-state index contributed by atoms with van der Waals surface area (Å²) in [7, 11) is -1.93. The summed E-state index contributed by atoms with van der Waals surface area (Å²) in [4.78, 5) is 12.5. The third-order valence-electron chi connectivity index (χ3n) is 5.61. The Hall–Kier alpha value is -2.49. The summed E-state index contributed by atoms with van der Waals surface area (Å²) >= 11 is 6.66. The predicted octanol–water partition coefficient (Wildman–Crippen LogP) is 5.89. The van der Waals surface area contributed by atoms with Crippen LogP contribution < -0.4 is 4.74 Å². The van der Waals surface area contributed by atoms with Crippen molar-refractivity contribution in [2.45, 2.75) is 30.0 Å². The van der Waals surface area contributed by atoms with Gasteiger partial charge in [0.05, 0.1) is 29.5 Å². The Morgan fingerprint density at radius 3 is 2.35 bits per heavy atom. The maximum atomic E-state index is 13.0. The molecule has 1 amide bonds. The normalized spacial score (nSPS) is 15.8. The van der Waals surface area contributed by atoms with Crippen LogP contribution in [0.4, 0.5) is 0 Å². The third kappa shape index (κ3) is 5.26. The summed E-state index contributed by atoms with van der Waals surface area (Å²) in [5, 5.41) is 6.07. The van der Waals surface area contributed by atoms with E-state index in [0.29, 0.717) is 20.9 Å². The minimum absolute atomic E-state index is 0.122. The van der Waals surface area contributed by atoms with Gasteiger partial charge in [-0.15, -0.1) is 0 Å². The number of sulfone groups is 1. The van der Waals surface area contributed by atoms with E-state index in [-0.39, 0.29) is 22.6 Å². The number of halogens is 2.